The maximum absolute atomic E-state index is 11.4. The number of carbonyl (C=O) groups is 1. The van der Waals surface area contributed by atoms with E-state index < -0.39 is 0 Å². The van der Waals surface area contributed by atoms with Crippen LogP contribution in [0, 0.1) is 0 Å². The largest absolute Gasteiger partial charge is 0.494 e. The maximum Gasteiger partial charge on any atom is 0.309 e. The first-order chi connectivity index (χ1) is 8.65. The highest BCUT2D eigenvalue weighted by Gasteiger charge is 2.25. The number of fused-ring (bicyclic) bond motifs is 1. The summed E-state index contributed by atoms with van der Waals surface area (Å²) < 4.78 is 10.3. The third-order valence-electron chi connectivity index (χ3n) is 3.28. The van der Waals surface area contributed by atoms with Gasteiger partial charge in [-0.05, 0) is 42.5 Å². The SMILES string of the molecule is CCOc1ccc(CC(=O)OC)c2c1CC(N)C2. The van der Waals surface area contributed by atoms with E-state index in [4.69, 9.17) is 15.2 Å². The van der Waals surface area contributed by atoms with Crippen molar-refractivity contribution in [3.05, 3.63) is 28.8 Å². The van der Waals surface area contributed by atoms with Gasteiger partial charge in [0, 0.05) is 6.04 Å². The summed E-state index contributed by atoms with van der Waals surface area (Å²) in [6.45, 7) is 2.60. The first-order valence-electron chi connectivity index (χ1n) is 6.24. The summed E-state index contributed by atoms with van der Waals surface area (Å²) in [7, 11) is 1.41. The van der Waals surface area contributed by atoms with Crippen molar-refractivity contribution in [2.45, 2.75) is 32.2 Å². The number of rotatable bonds is 4. The summed E-state index contributed by atoms with van der Waals surface area (Å²) in [4.78, 5) is 11.4. The van der Waals surface area contributed by atoms with E-state index in [-0.39, 0.29) is 12.0 Å². The molecule has 1 aromatic carbocycles. The van der Waals surface area contributed by atoms with Crippen molar-refractivity contribution in [1.29, 1.82) is 0 Å². The zero-order valence-corrected chi connectivity index (χ0v) is 10.9. The fraction of sp³-hybridized carbons (Fsp3) is 0.500. The van der Waals surface area contributed by atoms with Gasteiger partial charge in [0.1, 0.15) is 5.75 Å². The summed E-state index contributed by atoms with van der Waals surface area (Å²) in [6, 6.07) is 4.00. The quantitative estimate of drug-likeness (QED) is 0.815. The van der Waals surface area contributed by atoms with Gasteiger partial charge in [0.05, 0.1) is 20.1 Å². The lowest BCUT2D eigenvalue weighted by molar-refractivity contribution is -0.139. The number of methoxy groups -OCH3 is 1. The molecule has 98 valence electrons. The van der Waals surface area contributed by atoms with Crippen LogP contribution in [0.25, 0.3) is 0 Å². The highest BCUT2D eigenvalue weighted by atomic mass is 16.5. The van der Waals surface area contributed by atoms with Gasteiger partial charge >= 0.3 is 5.97 Å². The van der Waals surface area contributed by atoms with Gasteiger partial charge in [-0.25, -0.2) is 0 Å². The molecule has 1 aromatic rings. The van der Waals surface area contributed by atoms with E-state index in [0.717, 1.165) is 29.7 Å². The Hall–Kier alpha value is -1.55. The number of esters is 1. The Morgan fingerprint density at radius 3 is 2.78 bits per heavy atom. The van der Waals surface area contributed by atoms with Crippen molar-refractivity contribution >= 4 is 5.97 Å². The first-order valence-corrected chi connectivity index (χ1v) is 6.24. The Morgan fingerprint density at radius 1 is 1.39 bits per heavy atom. The molecule has 0 fully saturated rings. The average Bonchev–Trinajstić information content (AvgIpc) is 2.74. The summed E-state index contributed by atoms with van der Waals surface area (Å²) in [5.74, 6) is 0.677. The number of nitrogens with two attached hydrogens (primary N) is 1. The lowest BCUT2D eigenvalue weighted by Crippen LogP contribution is -2.19. The molecule has 4 nitrogen and oxygen atoms in total. The van der Waals surface area contributed by atoms with E-state index in [1.165, 1.54) is 12.7 Å². The van der Waals surface area contributed by atoms with Crippen LogP contribution in [0.4, 0.5) is 0 Å². The fourth-order valence-electron chi connectivity index (χ4n) is 2.48. The summed E-state index contributed by atoms with van der Waals surface area (Å²) in [5.41, 5.74) is 9.34. The topological polar surface area (TPSA) is 61.5 Å². The highest BCUT2D eigenvalue weighted by molar-refractivity contribution is 5.73. The van der Waals surface area contributed by atoms with E-state index in [1.807, 2.05) is 19.1 Å². The minimum atomic E-state index is -0.221. The third kappa shape index (κ3) is 2.48. The van der Waals surface area contributed by atoms with Crippen LogP contribution in [0.15, 0.2) is 12.1 Å². The molecule has 1 atom stereocenters. The molecule has 1 unspecified atom stereocenters. The van der Waals surface area contributed by atoms with E-state index in [9.17, 15) is 4.79 Å². The Morgan fingerprint density at radius 2 is 2.11 bits per heavy atom. The molecule has 0 aromatic heterocycles. The molecule has 1 aliphatic carbocycles. The van der Waals surface area contributed by atoms with Crippen LogP contribution in [-0.4, -0.2) is 25.7 Å². The molecular weight excluding hydrogens is 230 g/mol. The normalized spacial score (nSPS) is 17.4. The summed E-state index contributed by atoms with van der Waals surface area (Å²) >= 11 is 0. The van der Waals surface area contributed by atoms with Gasteiger partial charge < -0.3 is 15.2 Å². The molecule has 0 saturated heterocycles. The molecule has 0 amide bonds. The molecule has 0 bridgehead atoms. The Kier molecular flexibility index (Phi) is 3.87. The van der Waals surface area contributed by atoms with Gasteiger partial charge in [-0.2, -0.15) is 0 Å². The molecule has 0 radical (unpaired) electrons. The van der Waals surface area contributed by atoms with Gasteiger partial charge in [0.25, 0.3) is 0 Å². The molecule has 4 heteroatoms. The number of hydrogen-bond donors (Lipinski definition) is 1. The Bertz CT molecular complexity index is 457. The van der Waals surface area contributed by atoms with E-state index in [2.05, 4.69) is 0 Å². The zero-order chi connectivity index (χ0) is 13.1. The summed E-state index contributed by atoms with van der Waals surface area (Å²) in [5, 5.41) is 0. The highest BCUT2D eigenvalue weighted by Crippen LogP contribution is 2.33. The van der Waals surface area contributed by atoms with Crippen LogP contribution in [0.3, 0.4) is 0 Å². The second-order valence-electron chi connectivity index (χ2n) is 4.53. The van der Waals surface area contributed by atoms with Crippen molar-refractivity contribution in [3.8, 4) is 5.75 Å². The minimum absolute atomic E-state index is 0.123. The van der Waals surface area contributed by atoms with Crippen LogP contribution >= 0.6 is 0 Å². The van der Waals surface area contributed by atoms with Crippen molar-refractivity contribution in [2.24, 2.45) is 5.73 Å². The lowest BCUT2D eigenvalue weighted by Gasteiger charge is -2.12. The Labute approximate surface area is 107 Å². The number of ether oxygens (including phenoxy) is 2. The predicted octanol–water partition coefficient (Wildman–Crippen LogP) is 1.23. The van der Waals surface area contributed by atoms with Gasteiger partial charge in [0.15, 0.2) is 0 Å². The minimum Gasteiger partial charge on any atom is -0.494 e. The van der Waals surface area contributed by atoms with Gasteiger partial charge in [-0.15, -0.1) is 0 Å². The van der Waals surface area contributed by atoms with E-state index in [1.54, 1.807) is 0 Å². The summed E-state index contributed by atoms with van der Waals surface area (Å²) in [6.07, 6.45) is 1.93. The van der Waals surface area contributed by atoms with Gasteiger partial charge in [0.2, 0.25) is 0 Å². The number of hydrogen-bond acceptors (Lipinski definition) is 4. The molecule has 0 saturated carbocycles. The van der Waals surface area contributed by atoms with Crippen molar-refractivity contribution < 1.29 is 14.3 Å². The molecule has 1 aliphatic rings. The molecule has 0 spiro atoms. The van der Waals surface area contributed by atoms with Gasteiger partial charge in [-0.1, -0.05) is 6.07 Å². The van der Waals surface area contributed by atoms with Crippen molar-refractivity contribution in [3.63, 3.8) is 0 Å². The smallest absolute Gasteiger partial charge is 0.309 e. The molecule has 18 heavy (non-hydrogen) atoms. The zero-order valence-electron chi connectivity index (χ0n) is 10.9. The molecule has 2 rings (SSSR count). The maximum atomic E-state index is 11.4. The first kappa shape index (κ1) is 12.9. The fourth-order valence-corrected chi connectivity index (χ4v) is 2.48. The second kappa shape index (κ2) is 5.40. The van der Waals surface area contributed by atoms with E-state index >= 15 is 0 Å². The van der Waals surface area contributed by atoms with Crippen LogP contribution < -0.4 is 10.5 Å². The Balaban J connectivity index is 2.34. The number of carbonyl (C=O) groups excluding carboxylic acids is 1. The third-order valence-corrected chi connectivity index (χ3v) is 3.28. The predicted molar refractivity (Wildman–Crippen MR) is 68.7 cm³/mol. The van der Waals surface area contributed by atoms with Crippen LogP contribution in [0.1, 0.15) is 23.6 Å². The molecular formula is C14H19NO3. The average molecular weight is 249 g/mol. The van der Waals surface area contributed by atoms with E-state index in [0.29, 0.717) is 13.0 Å². The van der Waals surface area contributed by atoms with Crippen LogP contribution in [0.2, 0.25) is 0 Å². The van der Waals surface area contributed by atoms with Crippen LogP contribution in [0.5, 0.6) is 5.75 Å². The standard InChI is InChI=1S/C14H19NO3/c1-3-18-13-5-4-9(6-14(16)17-2)11-7-10(15)8-12(11)13/h4-5,10H,3,6-8,15H2,1-2H3. The second-order valence-corrected chi connectivity index (χ2v) is 4.53. The van der Waals surface area contributed by atoms with Crippen LogP contribution in [-0.2, 0) is 28.8 Å². The van der Waals surface area contributed by atoms with Crippen molar-refractivity contribution in [1.82, 2.24) is 0 Å². The monoisotopic (exact) mass is 249 g/mol. The lowest BCUT2D eigenvalue weighted by atomic mass is 10.00. The van der Waals surface area contributed by atoms with Gasteiger partial charge in [-0.3, -0.25) is 4.79 Å². The molecule has 0 aliphatic heterocycles. The number of benzene rings is 1. The molecule has 0 heterocycles. The molecule has 2 N–H and O–H groups in total. The van der Waals surface area contributed by atoms with Crippen molar-refractivity contribution in [2.75, 3.05) is 13.7 Å².